The Morgan fingerprint density at radius 3 is 2.75 bits per heavy atom. The SMILES string of the molecule is CC.N#Cc1cc(F)cc(Cc2n[nH]c(=O)c3cccc(Cl)c23)c1. The highest BCUT2D eigenvalue weighted by molar-refractivity contribution is 6.35. The van der Waals surface area contributed by atoms with Gasteiger partial charge in [-0.2, -0.15) is 10.4 Å². The Balaban J connectivity index is 0.00000100. The molecule has 0 spiro atoms. The first-order valence-electron chi connectivity index (χ1n) is 7.44. The van der Waals surface area contributed by atoms with E-state index in [0.29, 0.717) is 27.1 Å². The number of hydrogen-bond acceptors (Lipinski definition) is 3. The number of halogens is 2. The fraction of sp³-hybridized carbons (Fsp3) is 0.167. The van der Waals surface area contributed by atoms with Crippen molar-refractivity contribution in [2.45, 2.75) is 20.3 Å². The number of nitrogens with one attached hydrogen (secondary N) is 1. The minimum atomic E-state index is -0.492. The van der Waals surface area contributed by atoms with Gasteiger partial charge in [0.2, 0.25) is 0 Å². The molecule has 0 unspecified atom stereocenters. The van der Waals surface area contributed by atoms with E-state index in [1.165, 1.54) is 6.07 Å². The van der Waals surface area contributed by atoms with Crippen LogP contribution in [-0.2, 0) is 6.42 Å². The molecular formula is C18H15ClFN3O. The second kappa shape index (κ2) is 7.71. The monoisotopic (exact) mass is 343 g/mol. The summed E-state index contributed by atoms with van der Waals surface area (Å²) < 4.78 is 13.5. The highest BCUT2D eigenvalue weighted by Crippen LogP contribution is 2.25. The molecule has 0 fully saturated rings. The fourth-order valence-electron chi connectivity index (χ4n) is 2.38. The zero-order valence-corrected chi connectivity index (χ0v) is 14.0. The molecule has 0 amide bonds. The molecule has 4 nitrogen and oxygen atoms in total. The number of fused-ring (bicyclic) bond motifs is 1. The molecule has 0 radical (unpaired) electrons. The van der Waals surface area contributed by atoms with Crippen LogP contribution >= 0.6 is 11.6 Å². The quantitative estimate of drug-likeness (QED) is 0.758. The Morgan fingerprint density at radius 2 is 2.04 bits per heavy atom. The van der Waals surface area contributed by atoms with Crippen molar-refractivity contribution in [1.82, 2.24) is 10.2 Å². The molecule has 3 aromatic rings. The lowest BCUT2D eigenvalue weighted by Crippen LogP contribution is -2.11. The van der Waals surface area contributed by atoms with Gasteiger partial charge in [0.25, 0.3) is 5.56 Å². The molecular weight excluding hydrogens is 329 g/mol. The summed E-state index contributed by atoms with van der Waals surface area (Å²) in [5.41, 5.74) is 1.00. The first-order valence-corrected chi connectivity index (χ1v) is 7.81. The van der Waals surface area contributed by atoms with Gasteiger partial charge in [-0.25, -0.2) is 9.49 Å². The maximum absolute atomic E-state index is 13.5. The lowest BCUT2D eigenvalue weighted by molar-refractivity contribution is 0.625. The third-order valence-electron chi connectivity index (χ3n) is 3.30. The topological polar surface area (TPSA) is 69.5 Å². The van der Waals surface area contributed by atoms with Crippen molar-refractivity contribution < 1.29 is 4.39 Å². The average Bonchev–Trinajstić information content (AvgIpc) is 2.59. The van der Waals surface area contributed by atoms with Crippen LogP contribution in [0.1, 0.15) is 30.7 Å². The molecule has 6 heteroatoms. The van der Waals surface area contributed by atoms with Crippen LogP contribution in [0.3, 0.4) is 0 Å². The van der Waals surface area contributed by atoms with E-state index in [9.17, 15) is 9.18 Å². The van der Waals surface area contributed by atoms with Crippen LogP contribution in [0.25, 0.3) is 10.8 Å². The number of H-pyrrole nitrogens is 1. The summed E-state index contributed by atoms with van der Waals surface area (Å²) in [5.74, 6) is -0.492. The minimum Gasteiger partial charge on any atom is -0.267 e. The summed E-state index contributed by atoms with van der Waals surface area (Å²) in [5, 5.41) is 16.7. The van der Waals surface area contributed by atoms with Crippen LogP contribution in [0.5, 0.6) is 0 Å². The van der Waals surface area contributed by atoms with Crippen molar-refractivity contribution in [2.24, 2.45) is 0 Å². The first kappa shape index (κ1) is 17.6. The van der Waals surface area contributed by atoms with Crippen LogP contribution in [0.15, 0.2) is 41.2 Å². The van der Waals surface area contributed by atoms with Gasteiger partial charge in [0.15, 0.2) is 0 Å². The predicted octanol–water partition coefficient (Wildman–Crippen LogP) is 4.20. The zero-order valence-electron chi connectivity index (χ0n) is 13.2. The third kappa shape index (κ3) is 3.61. The fourth-order valence-corrected chi connectivity index (χ4v) is 2.66. The van der Waals surface area contributed by atoms with E-state index in [2.05, 4.69) is 10.2 Å². The number of nitriles is 1. The maximum Gasteiger partial charge on any atom is 0.272 e. The molecule has 24 heavy (non-hydrogen) atoms. The average molecular weight is 344 g/mol. The summed E-state index contributed by atoms with van der Waals surface area (Å²) in [4.78, 5) is 11.8. The van der Waals surface area contributed by atoms with Gasteiger partial charge in [-0.3, -0.25) is 4.79 Å². The number of aromatic amines is 1. The van der Waals surface area contributed by atoms with Gasteiger partial charge in [0, 0.05) is 11.8 Å². The Morgan fingerprint density at radius 1 is 1.29 bits per heavy atom. The molecule has 0 atom stereocenters. The van der Waals surface area contributed by atoms with Gasteiger partial charge >= 0.3 is 0 Å². The lowest BCUT2D eigenvalue weighted by Gasteiger charge is -2.07. The zero-order chi connectivity index (χ0) is 17.7. The highest BCUT2D eigenvalue weighted by Gasteiger charge is 2.11. The van der Waals surface area contributed by atoms with Gasteiger partial charge < -0.3 is 0 Å². The summed E-state index contributed by atoms with van der Waals surface area (Å²) in [6, 6.07) is 11.0. The van der Waals surface area contributed by atoms with E-state index in [0.717, 1.165) is 6.07 Å². The van der Waals surface area contributed by atoms with Crippen LogP contribution in [-0.4, -0.2) is 10.2 Å². The molecule has 0 aliphatic rings. The smallest absolute Gasteiger partial charge is 0.267 e. The van der Waals surface area contributed by atoms with E-state index in [1.807, 2.05) is 19.9 Å². The Kier molecular flexibility index (Phi) is 5.67. The number of benzene rings is 2. The number of rotatable bonds is 2. The summed E-state index contributed by atoms with van der Waals surface area (Å²) in [7, 11) is 0. The number of hydrogen-bond donors (Lipinski definition) is 1. The summed E-state index contributed by atoms with van der Waals surface area (Å²) >= 11 is 6.17. The maximum atomic E-state index is 13.5. The molecule has 1 heterocycles. The van der Waals surface area contributed by atoms with Gasteiger partial charge in [-0.15, -0.1) is 0 Å². The second-order valence-electron chi connectivity index (χ2n) is 4.80. The predicted molar refractivity (Wildman–Crippen MR) is 92.6 cm³/mol. The van der Waals surface area contributed by atoms with Crippen molar-refractivity contribution in [3.05, 3.63) is 74.4 Å². The molecule has 0 aliphatic heterocycles. The van der Waals surface area contributed by atoms with Crippen molar-refractivity contribution in [3.63, 3.8) is 0 Å². The highest BCUT2D eigenvalue weighted by atomic mass is 35.5. The lowest BCUT2D eigenvalue weighted by atomic mass is 10.0. The van der Waals surface area contributed by atoms with Gasteiger partial charge in [0.1, 0.15) is 5.82 Å². The van der Waals surface area contributed by atoms with Crippen molar-refractivity contribution in [1.29, 1.82) is 5.26 Å². The molecule has 2 aromatic carbocycles. The molecule has 1 aromatic heterocycles. The summed E-state index contributed by atoms with van der Waals surface area (Å²) in [6.07, 6.45) is 0.253. The minimum absolute atomic E-state index is 0.231. The summed E-state index contributed by atoms with van der Waals surface area (Å²) in [6.45, 7) is 4.00. The second-order valence-corrected chi connectivity index (χ2v) is 5.21. The first-order chi connectivity index (χ1) is 11.6. The molecule has 1 N–H and O–H groups in total. The van der Waals surface area contributed by atoms with Crippen molar-refractivity contribution in [2.75, 3.05) is 0 Å². The van der Waals surface area contributed by atoms with Gasteiger partial charge in [-0.1, -0.05) is 31.5 Å². The molecule has 0 bridgehead atoms. The Labute approximate surface area is 143 Å². The molecule has 3 rings (SSSR count). The normalized spacial score (nSPS) is 9.96. The van der Waals surface area contributed by atoms with Gasteiger partial charge in [-0.05, 0) is 35.9 Å². The largest absolute Gasteiger partial charge is 0.272 e. The van der Waals surface area contributed by atoms with Crippen LogP contribution in [0, 0.1) is 17.1 Å². The van der Waals surface area contributed by atoms with E-state index in [-0.39, 0.29) is 17.5 Å². The number of nitrogens with zero attached hydrogens (tertiary/aromatic N) is 2. The van der Waals surface area contributed by atoms with Crippen LogP contribution in [0.4, 0.5) is 4.39 Å². The standard InChI is InChI=1S/C16H9ClFN3O.C2H6/c17-13-3-1-2-12-15(13)14(20-21-16(12)22)7-9-4-10(8-19)6-11(18)5-9;1-2/h1-6H,7H2,(H,21,22);1-2H3. The molecule has 122 valence electrons. The van der Waals surface area contributed by atoms with E-state index >= 15 is 0 Å². The Hall–Kier alpha value is -2.71. The molecule has 0 aliphatic carbocycles. The van der Waals surface area contributed by atoms with E-state index < -0.39 is 5.82 Å². The third-order valence-corrected chi connectivity index (χ3v) is 3.61. The molecule has 0 saturated heterocycles. The van der Waals surface area contributed by atoms with E-state index in [4.69, 9.17) is 16.9 Å². The van der Waals surface area contributed by atoms with Gasteiger partial charge in [0.05, 0.1) is 27.7 Å². The Bertz CT molecular complexity index is 976. The van der Waals surface area contributed by atoms with Crippen molar-refractivity contribution in [3.8, 4) is 6.07 Å². The number of aromatic nitrogens is 2. The van der Waals surface area contributed by atoms with Crippen LogP contribution in [0.2, 0.25) is 5.02 Å². The van der Waals surface area contributed by atoms with Crippen molar-refractivity contribution >= 4 is 22.4 Å². The van der Waals surface area contributed by atoms with E-state index in [1.54, 1.807) is 24.3 Å². The van der Waals surface area contributed by atoms with Crippen LogP contribution < -0.4 is 5.56 Å². The molecule has 0 saturated carbocycles.